The van der Waals surface area contributed by atoms with Crippen LogP contribution in [-0.2, 0) is 16.1 Å². The third kappa shape index (κ3) is 5.07. The Balaban J connectivity index is 1.61. The second kappa shape index (κ2) is 8.22. The first-order valence-electron chi connectivity index (χ1n) is 8.55. The molecule has 27 heavy (non-hydrogen) atoms. The van der Waals surface area contributed by atoms with Crippen molar-refractivity contribution in [2.75, 3.05) is 13.2 Å². The van der Waals surface area contributed by atoms with Crippen molar-refractivity contribution < 1.29 is 33.0 Å². The molecule has 0 aliphatic carbocycles. The fourth-order valence-electron chi connectivity index (χ4n) is 2.96. The number of benzene rings is 1. The van der Waals surface area contributed by atoms with Gasteiger partial charge in [0, 0.05) is 13.2 Å². The summed E-state index contributed by atoms with van der Waals surface area (Å²) in [5.41, 5.74) is -0.848. The van der Waals surface area contributed by atoms with Crippen LogP contribution in [0.4, 0.5) is 4.39 Å². The van der Waals surface area contributed by atoms with E-state index in [0.717, 1.165) is 0 Å². The number of hydrogen-bond donors (Lipinski definition) is 2. The molecule has 2 aromatic rings. The molecule has 7 nitrogen and oxygen atoms in total. The SMILES string of the molecule is O=C(O)CC1(NC(=O)c2ccc(COc3ccc(F)cc3)o2)CCOCC1. The van der Waals surface area contributed by atoms with Crippen LogP contribution in [0.1, 0.15) is 35.6 Å². The maximum atomic E-state index is 12.9. The fraction of sp³-hybridized carbons (Fsp3) is 0.368. The van der Waals surface area contributed by atoms with Crippen molar-refractivity contribution in [3.05, 3.63) is 53.7 Å². The Morgan fingerprint density at radius 1 is 1.15 bits per heavy atom. The number of carboxylic acids is 1. The number of amides is 1. The van der Waals surface area contributed by atoms with E-state index >= 15 is 0 Å². The van der Waals surface area contributed by atoms with Crippen LogP contribution in [0, 0.1) is 5.82 Å². The van der Waals surface area contributed by atoms with Gasteiger partial charge in [0.25, 0.3) is 5.91 Å². The molecule has 8 heteroatoms. The highest BCUT2D eigenvalue weighted by Gasteiger charge is 2.37. The fourth-order valence-corrected chi connectivity index (χ4v) is 2.96. The zero-order valence-electron chi connectivity index (χ0n) is 14.6. The second-order valence-electron chi connectivity index (χ2n) is 6.43. The Labute approximate surface area is 155 Å². The summed E-state index contributed by atoms with van der Waals surface area (Å²) >= 11 is 0. The van der Waals surface area contributed by atoms with Gasteiger partial charge < -0.3 is 24.3 Å². The Morgan fingerprint density at radius 2 is 1.85 bits per heavy atom. The van der Waals surface area contributed by atoms with Gasteiger partial charge in [0.1, 0.15) is 23.9 Å². The summed E-state index contributed by atoms with van der Waals surface area (Å²) in [6, 6.07) is 8.66. The number of hydrogen-bond acceptors (Lipinski definition) is 5. The molecule has 1 aromatic carbocycles. The molecule has 0 saturated carbocycles. The molecule has 1 amide bonds. The van der Waals surface area contributed by atoms with Gasteiger partial charge in [-0.3, -0.25) is 9.59 Å². The Bertz CT molecular complexity index is 795. The second-order valence-corrected chi connectivity index (χ2v) is 6.43. The predicted molar refractivity (Wildman–Crippen MR) is 91.9 cm³/mol. The van der Waals surface area contributed by atoms with Gasteiger partial charge in [-0.2, -0.15) is 0 Å². The third-order valence-electron chi connectivity index (χ3n) is 4.40. The normalized spacial score (nSPS) is 15.9. The van der Waals surface area contributed by atoms with Crippen LogP contribution < -0.4 is 10.1 Å². The summed E-state index contributed by atoms with van der Waals surface area (Å²) in [5, 5.41) is 12.0. The van der Waals surface area contributed by atoms with Gasteiger partial charge in [0.2, 0.25) is 0 Å². The summed E-state index contributed by atoms with van der Waals surface area (Å²) in [4.78, 5) is 23.7. The minimum atomic E-state index is -0.981. The van der Waals surface area contributed by atoms with Crippen molar-refractivity contribution in [3.8, 4) is 5.75 Å². The minimum absolute atomic E-state index is 0.0731. The van der Waals surface area contributed by atoms with E-state index in [4.69, 9.17) is 19.0 Å². The minimum Gasteiger partial charge on any atom is -0.486 e. The molecule has 1 aromatic heterocycles. The topological polar surface area (TPSA) is 98.0 Å². The van der Waals surface area contributed by atoms with E-state index in [1.807, 2.05) is 0 Å². The van der Waals surface area contributed by atoms with Gasteiger partial charge in [-0.25, -0.2) is 4.39 Å². The molecule has 0 bridgehead atoms. The first-order valence-corrected chi connectivity index (χ1v) is 8.55. The molecule has 1 fully saturated rings. The van der Waals surface area contributed by atoms with Gasteiger partial charge >= 0.3 is 5.97 Å². The summed E-state index contributed by atoms with van der Waals surface area (Å²) in [6.45, 7) is 0.859. The van der Waals surface area contributed by atoms with Gasteiger partial charge in [-0.15, -0.1) is 0 Å². The van der Waals surface area contributed by atoms with E-state index < -0.39 is 17.4 Å². The van der Waals surface area contributed by atoms with Crippen molar-refractivity contribution in [2.24, 2.45) is 0 Å². The van der Waals surface area contributed by atoms with Crippen molar-refractivity contribution in [3.63, 3.8) is 0 Å². The maximum absolute atomic E-state index is 12.9. The van der Waals surface area contributed by atoms with Gasteiger partial charge in [0.15, 0.2) is 5.76 Å². The van der Waals surface area contributed by atoms with Crippen LogP contribution in [0.25, 0.3) is 0 Å². The smallest absolute Gasteiger partial charge is 0.305 e. The van der Waals surface area contributed by atoms with E-state index in [9.17, 15) is 14.0 Å². The number of carboxylic acid groups (broad SMARTS) is 1. The lowest BCUT2D eigenvalue weighted by atomic mass is 9.86. The number of rotatable bonds is 7. The average molecular weight is 377 g/mol. The molecular weight excluding hydrogens is 357 g/mol. The van der Waals surface area contributed by atoms with Crippen LogP contribution in [0.15, 0.2) is 40.8 Å². The van der Waals surface area contributed by atoms with E-state index in [1.165, 1.54) is 30.3 Å². The zero-order valence-corrected chi connectivity index (χ0v) is 14.6. The molecule has 0 atom stereocenters. The quantitative estimate of drug-likeness (QED) is 0.770. The lowest BCUT2D eigenvalue weighted by Crippen LogP contribution is -2.53. The summed E-state index contributed by atoms with van der Waals surface area (Å²) in [5.74, 6) is -0.854. The third-order valence-corrected chi connectivity index (χ3v) is 4.40. The molecule has 3 rings (SSSR count). The molecule has 0 unspecified atom stereocenters. The molecule has 1 aliphatic rings. The van der Waals surface area contributed by atoms with Crippen molar-refractivity contribution in [2.45, 2.75) is 31.4 Å². The molecule has 1 saturated heterocycles. The van der Waals surface area contributed by atoms with Crippen LogP contribution >= 0.6 is 0 Å². The van der Waals surface area contributed by atoms with Crippen LogP contribution in [0.5, 0.6) is 5.75 Å². The van der Waals surface area contributed by atoms with E-state index in [-0.39, 0.29) is 24.6 Å². The zero-order chi connectivity index (χ0) is 19.3. The van der Waals surface area contributed by atoms with Gasteiger partial charge in [-0.1, -0.05) is 0 Å². The van der Waals surface area contributed by atoms with Crippen LogP contribution in [0.3, 0.4) is 0 Å². The molecular formula is C19H20FNO6. The van der Waals surface area contributed by atoms with Crippen LogP contribution in [0.2, 0.25) is 0 Å². The highest BCUT2D eigenvalue weighted by Crippen LogP contribution is 2.25. The molecule has 1 aliphatic heterocycles. The van der Waals surface area contributed by atoms with E-state index in [0.29, 0.717) is 37.6 Å². The first kappa shape index (κ1) is 18.9. The molecule has 144 valence electrons. The number of halogens is 1. The number of nitrogens with one attached hydrogen (secondary N) is 1. The van der Waals surface area contributed by atoms with Gasteiger partial charge in [0.05, 0.1) is 12.0 Å². The largest absolute Gasteiger partial charge is 0.486 e. The predicted octanol–water partition coefficient (Wildman–Crippen LogP) is 2.75. The van der Waals surface area contributed by atoms with E-state index in [1.54, 1.807) is 6.07 Å². The standard InChI is InChI=1S/C19H20FNO6/c20-13-1-3-14(4-2-13)26-12-15-5-6-16(27-15)18(24)21-19(11-17(22)23)7-9-25-10-8-19/h1-6H,7-12H2,(H,21,24)(H,22,23). The average Bonchev–Trinajstić information content (AvgIpc) is 3.10. The number of carbonyl (C=O) groups is 2. The Kier molecular flexibility index (Phi) is 5.75. The number of ether oxygens (including phenoxy) is 2. The molecule has 0 radical (unpaired) electrons. The van der Waals surface area contributed by atoms with Gasteiger partial charge in [-0.05, 0) is 49.2 Å². The van der Waals surface area contributed by atoms with Crippen molar-refractivity contribution in [1.82, 2.24) is 5.32 Å². The summed E-state index contributed by atoms with van der Waals surface area (Å²) in [7, 11) is 0. The highest BCUT2D eigenvalue weighted by atomic mass is 19.1. The highest BCUT2D eigenvalue weighted by molar-refractivity contribution is 5.92. The Hall–Kier alpha value is -2.87. The lowest BCUT2D eigenvalue weighted by molar-refractivity contribution is -0.139. The molecule has 2 N–H and O–H groups in total. The summed E-state index contributed by atoms with van der Waals surface area (Å²) in [6.07, 6.45) is 0.669. The van der Waals surface area contributed by atoms with E-state index in [2.05, 4.69) is 5.32 Å². The first-order chi connectivity index (χ1) is 13.0. The number of furan rings is 1. The van der Waals surface area contributed by atoms with Crippen molar-refractivity contribution in [1.29, 1.82) is 0 Å². The summed E-state index contributed by atoms with van der Waals surface area (Å²) < 4.78 is 29.1. The molecule has 0 spiro atoms. The van der Waals surface area contributed by atoms with Crippen molar-refractivity contribution >= 4 is 11.9 Å². The monoisotopic (exact) mass is 377 g/mol. The maximum Gasteiger partial charge on any atom is 0.305 e. The van der Waals surface area contributed by atoms with Crippen LogP contribution in [-0.4, -0.2) is 35.7 Å². The lowest BCUT2D eigenvalue weighted by Gasteiger charge is -2.36. The number of aliphatic carboxylic acids is 1. The molecule has 2 heterocycles. The number of carbonyl (C=O) groups excluding carboxylic acids is 1. The Morgan fingerprint density at radius 3 is 2.52 bits per heavy atom.